The number of pyridine rings is 1. The van der Waals surface area contributed by atoms with Gasteiger partial charge in [-0.3, -0.25) is 0 Å². The van der Waals surface area contributed by atoms with Crippen molar-refractivity contribution in [2.75, 3.05) is 5.32 Å². The van der Waals surface area contributed by atoms with Gasteiger partial charge in [0.05, 0.1) is 6.04 Å². The van der Waals surface area contributed by atoms with Crippen molar-refractivity contribution in [3.63, 3.8) is 0 Å². The lowest BCUT2D eigenvalue weighted by atomic mass is 10.00. The third-order valence-corrected chi connectivity index (χ3v) is 3.62. The first-order valence-electron chi connectivity index (χ1n) is 7.54. The van der Waals surface area contributed by atoms with Crippen molar-refractivity contribution in [3.05, 3.63) is 59.8 Å². The van der Waals surface area contributed by atoms with E-state index < -0.39 is 0 Å². The van der Waals surface area contributed by atoms with Crippen LogP contribution in [-0.2, 0) is 0 Å². The average Bonchev–Trinajstić information content (AvgIpc) is 2.49. The molecule has 0 fully saturated rings. The van der Waals surface area contributed by atoms with E-state index in [0.29, 0.717) is 6.04 Å². The molecule has 2 heteroatoms. The van der Waals surface area contributed by atoms with E-state index in [4.69, 9.17) is 0 Å². The SMILES string of the molecule is CCCCCC(Nc1ncccc1C)c1ccccc1. The Bertz CT molecular complexity index is 508. The van der Waals surface area contributed by atoms with Gasteiger partial charge < -0.3 is 5.32 Å². The molecule has 0 radical (unpaired) electrons. The molecular weight excluding hydrogens is 244 g/mol. The van der Waals surface area contributed by atoms with Gasteiger partial charge in [0.15, 0.2) is 0 Å². The lowest BCUT2D eigenvalue weighted by Gasteiger charge is -2.21. The van der Waals surface area contributed by atoms with Crippen LogP contribution in [0.5, 0.6) is 0 Å². The number of unbranched alkanes of at least 4 members (excludes halogenated alkanes) is 2. The first-order chi connectivity index (χ1) is 9.81. The molecule has 1 aromatic carbocycles. The zero-order chi connectivity index (χ0) is 14.2. The van der Waals surface area contributed by atoms with Crippen LogP contribution >= 0.6 is 0 Å². The number of hydrogen-bond acceptors (Lipinski definition) is 2. The zero-order valence-electron chi connectivity index (χ0n) is 12.5. The second-order valence-corrected chi connectivity index (χ2v) is 5.27. The van der Waals surface area contributed by atoms with Crippen LogP contribution in [0.1, 0.15) is 49.8 Å². The van der Waals surface area contributed by atoms with Crippen LogP contribution in [0.2, 0.25) is 0 Å². The minimum atomic E-state index is 0.344. The van der Waals surface area contributed by atoms with Crippen molar-refractivity contribution < 1.29 is 0 Å². The highest BCUT2D eigenvalue weighted by molar-refractivity contribution is 5.45. The normalized spacial score (nSPS) is 12.1. The van der Waals surface area contributed by atoms with E-state index in [0.717, 1.165) is 12.2 Å². The number of nitrogens with one attached hydrogen (secondary N) is 1. The van der Waals surface area contributed by atoms with E-state index in [9.17, 15) is 0 Å². The Morgan fingerprint density at radius 3 is 2.55 bits per heavy atom. The second kappa shape index (κ2) is 7.68. The van der Waals surface area contributed by atoms with Crippen LogP contribution in [0, 0.1) is 6.92 Å². The van der Waals surface area contributed by atoms with Crippen molar-refractivity contribution in [1.29, 1.82) is 0 Å². The molecule has 20 heavy (non-hydrogen) atoms. The fraction of sp³-hybridized carbons (Fsp3) is 0.389. The van der Waals surface area contributed by atoms with Crippen molar-refractivity contribution in [3.8, 4) is 0 Å². The highest BCUT2D eigenvalue weighted by Crippen LogP contribution is 2.25. The number of aromatic nitrogens is 1. The fourth-order valence-corrected chi connectivity index (χ4v) is 2.41. The van der Waals surface area contributed by atoms with Gasteiger partial charge in [-0.25, -0.2) is 4.98 Å². The molecule has 2 nitrogen and oxygen atoms in total. The molecule has 0 bridgehead atoms. The van der Waals surface area contributed by atoms with Crippen LogP contribution in [0.25, 0.3) is 0 Å². The molecule has 2 rings (SSSR count). The Balaban J connectivity index is 2.12. The molecule has 1 N–H and O–H groups in total. The van der Waals surface area contributed by atoms with Crippen LogP contribution in [-0.4, -0.2) is 4.98 Å². The summed E-state index contributed by atoms with van der Waals surface area (Å²) in [4.78, 5) is 4.46. The second-order valence-electron chi connectivity index (χ2n) is 5.27. The Kier molecular flexibility index (Phi) is 5.60. The Hall–Kier alpha value is -1.83. The number of anilines is 1. The fourth-order valence-electron chi connectivity index (χ4n) is 2.41. The lowest BCUT2D eigenvalue weighted by molar-refractivity contribution is 0.604. The van der Waals surface area contributed by atoms with Gasteiger partial charge in [0.1, 0.15) is 5.82 Å². The van der Waals surface area contributed by atoms with Gasteiger partial charge in [0, 0.05) is 6.20 Å². The number of aryl methyl sites for hydroxylation is 1. The summed E-state index contributed by atoms with van der Waals surface area (Å²) < 4.78 is 0. The van der Waals surface area contributed by atoms with E-state index in [1.807, 2.05) is 12.3 Å². The molecule has 0 spiro atoms. The number of hydrogen-bond donors (Lipinski definition) is 1. The van der Waals surface area contributed by atoms with Gasteiger partial charge in [-0.05, 0) is 30.5 Å². The molecule has 0 aliphatic heterocycles. The first-order valence-corrected chi connectivity index (χ1v) is 7.54. The van der Waals surface area contributed by atoms with Crippen LogP contribution in [0.3, 0.4) is 0 Å². The maximum Gasteiger partial charge on any atom is 0.129 e. The number of benzene rings is 1. The minimum absolute atomic E-state index is 0.344. The van der Waals surface area contributed by atoms with Crippen molar-refractivity contribution in [2.45, 2.75) is 45.6 Å². The van der Waals surface area contributed by atoms with Gasteiger partial charge in [0.2, 0.25) is 0 Å². The Morgan fingerprint density at radius 2 is 1.85 bits per heavy atom. The first kappa shape index (κ1) is 14.6. The molecule has 1 heterocycles. The predicted molar refractivity (Wildman–Crippen MR) is 85.9 cm³/mol. The Labute approximate surface area is 122 Å². The third kappa shape index (κ3) is 4.09. The molecule has 2 aromatic rings. The van der Waals surface area contributed by atoms with Gasteiger partial charge in [-0.1, -0.05) is 62.6 Å². The van der Waals surface area contributed by atoms with Gasteiger partial charge in [-0.15, -0.1) is 0 Å². The molecule has 0 saturated carbocycles. The summed E-state index contributed by atoms with van der Waals surface area (Å²) in [7, 11) is 0. The van der Waals surface area contributed by atoms with Gasteiger partial charge in [-0.2, -0.15) is 0 Å². The molecule has 1 unspecified atom stereocenters. The topological polar surface area (TPSA) is 24.9 Å². The molecule has 1 aromatic heterocycles. The quantitative estimate of drug-likeness (QED) is 0.705. The number of rotatable bonds is 7. The van der Waals surface area contributed by atoms with Crippen LogP contribution in [0.15, 0.2) is 48.7 Å². The molecule has 0 saturated heterocycles. The smallest absolute Gasteiger partial charge is 0.129 e. The summed E-state index contributed by atoms with van der Waals surface area (Å²) in [6.07, 6.45) is 6.78. The van der Waals surface area contributed by atoms with Gasteiger partial charge in [0.25, 0.3) is 0 Å². The molecule has 0 amide bonds. The van der Waals surface area contributed by atoms with Crippen LogP contribution in [0.4, 0.5) is 5.82 Å². The maximum atomic E-state index is 4.46. The van der Waals surface area contributed by atoms with Gasteiger partial charge >= 0.3 is 0 Å². The maximum absolute atomic E-state index is 4.46. The predicted octanol–water partition coefficient (Wildman–Crippen LogP) is 5.12. The Morgan fingerprint density at radius 1 is 1.05 bits per heavy atom. The minimum Gasteiger partial charge on any atom is -0.363 e. The monoisotopic (exact) mass is 268 g/mol. The highest BCUT2D eigenvalue weighted by atomic mass is 15.0. The summed E-state index contributed by atoms with van der Waals surface area (Å²) >= 11 is 0. The van der Waals surface area contributed by atoms with E-state index in [1.54, 1.807) is 0 Å². The van der Waals surface area contributed by atoms with Crippen molar-refractivity contribution in [2.24, 2.45) is 0 Å². The van der Waals surface area contributed by atoms with E-state index >= 15 is 0 Å². The molecule has 0 aliphatic rings. The summed E-state index contributed by atoms with van der Waals surface area (Å²) in [5, 5.41) is 3.61. The highest BCUT2D eigenvalue weighted by Gasteiger charge is 2.12. The zero-order valence-corrected chi connectivity index (χ0v) is 12.5. The summed E-state index contributed by atoms with van der Waals surface area (Å²) in [6.45, 7) is 4.34. The molecule has 1 atom stereocenters. The van der Waals surface area contributed by atoms with Crippen molar-refractivity contribution in [1.82, 2.24) is 4.98 Å². The van der Waals surface area contributed by atoms with Crippen molar-refractivity contribution >= 4 is 5.82 Å². The van der Waals surface area contributed by atoms with E-state index in [-0.39, 0.29) is 0 Å². The molecule has 0 aliphatic carbocycles. The lowest BCUT2D eigenvalue weighted by Crippen LogP contribution is -2.12. The summed E-state index contributed by atoms with van der Waals surface area (Å²) in [6, 6.07) is 15.1. The average molecular weight is 268 g/mol. The standard InChI is InChI=1S/C18H24N2/c1-3-4-6-13-17(16-11-7-5-8-12-16)20-18-15(2)10-9-14-19-18/h5,7-12,14,17H,3-4,6,13H2,1-2H3,(H,19,20). The molecular formula is C18H24N2. The number of nitrogens with zero attached hydrogens (tertiary/aromatic N) is 1. The largest absolute Gasteiger partial charge is 0.363 e. The summed E-state index contributed by atoms with van der Waals surface area (Å²) in [5.41, 5.74) is 2.54. The van der Waals surface area contributed by atoms with E-state index in [2.05, 4.69) is 60.5 Å². The van der Waals surface area contributed by atoms with Crippen LogP contribution < -0.4 is 5.32 Å². The van der Waals surface area contributed by atoms with E-state index in [1.165, 1.54) is 30.4 Å². The molecule has 106 valence electrons. The summed E-state index contributed by atoms with van der Waals surface area (Å²) in [5.74, 6) is 0.998. The third-order valence-electron chi connectivity index (χ3n) is 3.62.